The molecule has 1 rings (SSSR count). The summed E-state index contributed by atoms with van der Waals surface area (Å²) in [6.45, 7) is 0. The molecule has 25 heavy (non-hydrogen) atoms. The zero-order valence-corrected chi connectivity index (χ0v) is 11.1. The standard InChI is InChI=1S/C9H3F15O/c1-25-9(23,24)3(11)6(16,17)4(12,13)2(10,8(20,21)22)5(14,15)7(3,18)19/h1H3. The maximum atomic E-state index is 13.8. The highest BCUT2D eigenvalue weighted by atomic mass is 19.4. The number of ether oxygens (including phenoxy) is 1. The topological polar surface area (TPSA) is 9.23 Å². The first-order valence-corrected chi connectivity index (χ1v) is 5.45. The van der Waals surface area contributed by atoms with Crippen molar-refractivity contribution in [3.05, 3.63) is 0 Å². The van der Waals surface area contributed by atoms with Crippen molar-refractivity contribution >= 4 is 0 Å². The Labute approximate surface area is 126 Å². The lowest BCUT2D eigenvalue weighted by atomic mass is 9.66. The molecule has 0 aromatic rings. The van der Waals surface area contributed by atoms with Gasteiger partial charge in [-0.25, -0.2) is 8.78 Å². The minimum Gasteiger partial charge on any atom is -0.321 e. The molecule has 0 radical (unpaired) electrons. The Morgan fingerprint density at radius 2 is 0.760 bits per heavy atom. The molecule has 0 aromatic heterocycles. The molecule has 1 aliphatic carbocycles. The molecule has 16 heteroatoms. The third-order valence-corrected chi connectivity index (χ3v) is 3.57. The second kappa shape index (κ2) is 4.79. The minimum atomic E-state index is -8.10. The van der Waals surface area contributed by atoms with E-state index in [1.54, 1.807) is 0 Å². The lowest BCUT2D eigenvalue weighted by molar-refractivity contribution is -0.531. The number of halogens is 15. The Morgan fingerprint density at radius 3 is 0.960 bits per heavy atom. The van der Waals surface area contributed by atoms with Crippen LogP contribution in [0.2, 0.25) is 0 Å². The van der Waals surface area contributed by atoms with E-state index in [2.05, 4.69) is 4.74 Å². The summed E-state index contributed by atoms with van der Waals surface area (Å²) in [4.78, 5) is 0. The first kappa shape index (κ1) is 22.0. The summed E-state index contributed by atoms with van der Waals surface area (Å²) in [5.74, 6) is -32.2. The molecule has 0 aliphatic heterocycles. The van der Waals surface area contributed by atoms with Crippen molar-refractivity contribution in [3.63, 3.8) is 0 Å². The van der Waals surface area contributed by atoms with Crippen LogP contribution in [0.25, 0.3) is 0 Å². The summed E-state index contributed by atoms with van der Waals surface area (Å²) in [6, 6.07) is 0. The summed E-state index contributed by atoms with van der Waals surface area (Å²) >= 11 is 0. The van der Waals surface area contributed by atoms with Gasteiger partial charge in [-0.2, -0.15) is 57.1 Å². The van der Waals surface area contributed by atoms with Gasteiger partial charge in [0.1, 0.15) is 0 Å². The number of hydrogen-bond donors (Lipinski definition) is 0. The third-order valence-electron chi connectivity index (χ3n) is 3.57. The van der Waals surface area contributed by atoms with Crippen LogP contribution < -0.4 is 0 Å². The second-order valence-electron chi connectivity index (χ2n) is 4.83. The Balaban J connectivity index is 4.11. The van der Waals surface area contributed by atoms with Gasteiger partial charge < -0.3 is 4.74 Å². The van der Waals surface area contributed by atoms with Crippen molar-refractivity contribution in [1.82, 2.24) is 0 Å². The SMILES string of the molecule is COC(F)(F)C1(F)C(F)(F)C(F)(F)C(F)(C(F)(F)F)C(F)(F)C1(F)F. The maximum Gasteiger partial charge on any atom is 0.435 e. The number of rotatable bonds is 2. The molecule has 0 N–H and O–H groups in total. The van der Waals surface area contributed by atoms with Gasteiger partial charge in [0, 0.05) is 7.11 Å². The quantitative estimate of drug-likeness (QED) is 0.595. The molecule has 1 saturated carbocycles. The molecular weight excluding hydrogens is 409 g/mol. The van der Waals surface area contributed by atoms with Crippen LogP contribution in [-0.4, -0.2) is 54.4 Å². The molecule has 0 spiro atoms. The van der Waals surface area contributed by atoms with Gasteiger partial charge in [-0.15, -0.1) is 0 Å². The number of methoxy groups -OCH3 is 1. The lowest BCUT2D eigenvalue weighted by Gasteiger charge is -2.56. The largest absolute Gasteiger partial charge is 0.435 e. The predicted molar refractivity (Wildman–Crippen MR) is 45.5 cm³/mol. The normalized spacial score (nSPS) is 37.0. The summed E-state index contributed by atoms with van der Waals surface area (Å²) in [5, 5.41) is 0. The van der Waals surface area contributed by atoms with Crippen LogP contribution in [0.4, 0.5) is 65.9 Å². The van der Waals surface area contributed by atoms with Crippen LogP contribution in [0, 0.1) is 0 Å². The van der Waals surface area contributed by atoms with Crippen molar-refractivity contribution in [3.8, 4) is 0 Å². The van der Waals surface area contributed by atoms with Gasteiger partial charge >= 0.3 is 47.3 Å². The average molecular weight is 412 g/mol. The van der Waals surface area contributed by atoms with Crippen LogP contribution in [0.15, 0.2) is 0 Å². The first-order valence-electron chi connectivity index (χ1n) is 5.45. The molecule has 0 aromatic carbocycles. The summed E-state index contributed by atoms with van der Waals surface area (Å²) in [7, 11) is -0.579. The van der Waals surface area contributed by atoms with E-state index in [9.17, 15) is 65.9 Å². The molecule has 0 bridgehead atoms. The van der Waals surface area contributed by atoms with E-state index in [1.165, 1.54) is 0 Å². The lowest BCUT2D eigenvalue weighted by Crippen LogP contribution is -2.90. The summed E-state index contributed by atoms with van der Waals surface area (Å²) in [6.07, 6.45) is -14.7. The van der Waals surface area contributed by atoms with E-state index in [0.29, 0.717) is 0 Å². The van der Waals surface area contributed by atoms with Gasteiger partial charge in [0.2, 0.25) is 0 Å². The molecule has 1 fully saturated rings. The van der Waals surface area contributed by atoms with E-state index in [-0.39, 0.29) is 0 Å². The Morgan fingerprint density at radius 1 is 0.520 bits per heavy atom. The molecular formula is C9H3F15O. The van der Waals surface area contributed by atoms with E-state index < -0.39 is 54.4 Å². The Kier molecular flexibility index (Phi) is 4.21. The van der Waals surface area contributed by atoms with Gasteiger partial charge in [-0.1, -0.05) is 0 Å². The Hall–Kier alpha value is -1.09. The Bertz CT molecular complexity index is 518. The molecule has 0 atom stereocenters. The molecule has 1 aliphatic rings. The van der Waals surface area contributed by atoms with Gasteiger partial charge in [0.15, 0.2) is 0 Å². The molecule has 150 valence electrons. The fraction of sp³-hybridized carbons (Fsp3) is 1.00. The third kappa shape index (κ3) is 1.83. The van der Waals surface area contributed by atoms with E-state index in [1.807, 2.05) is 0 Å². The van der Waals surface area contributed by atoms with E-state index in [4.69, 9.17) is 0 Å². The van der Waals surface area contributed by atoms with Crippen LogP contribution in [0.1, 0.15) is 0 Å². The van der Waals surface area contributed by atoms with E-state index in [0.717, 1.165) is 0 Å². The van der Waals surface area contributed by atoms with Crippen LogP contribution >= 0.6 is 0 Å². The fourth-order valence-corrected chi connectivity index (χ4v) is 2.12. The minimum absolute atomic E-state index is 0.579. The maximum absolute atomic E-state index is 13.8. The van der Waals surface area contributed by atoms with Crippen LogP contribution in [0.5, 0.6) is 0 Å². The van der Waals surface area contributed by atoms with Crippen LogP contribution in [0.3, 0.4) is 0 Å². The van der Waals surface area contributed by atoms with Gasteiger partial charge in [0.05, 0.1) is 0 Å². The zero-order valence-electron chi connectivity index (χ0n) is 11.1. The molecule has 0 amide bonds. The van der Waals surface area contributed by atoms with Crippen molar-refractivity contribution in [2.45, 2.75) is 47.3 Å². The fourth-order valence-electron chi connectivity index (χ4n) is 2.12. The average Bonchev–Trinajstić information content (AvgIpc) is 2.41. The molecule has 1 nitrogen and oxygen atoms in total. The molecule has 0 unspecified atom stereocenters. The number of hydrogen-bond acceptors (Lipinski definition) is 1. The highest BCUT2D eigenvalue weighted by molar-refractivity contribution is 5.32. The van der Waals surface area contributed by atoms with Crippen molar-refractivity contribution in [2.24, 2.45) is 0 Å². The monoisotopic (exact) mass is 412 g/mol. The van der Waals surface area contributed by atoms with Gasteiger partial charge in [-0.05, 0) is 0 Å². The van der Waals surface area contributed by atoms with Crippen molar-refractivity contribution in [2.75, 3.05) is 7.11 Å². The first-order chi connectivity index (χ1) is 10.6. The second-order valence-corrected chi connectivity index (χ2v) is 4.83. The predicted octanol–water partition coefficient (Wildman–Crippen LogP) is 4.76. The molecule has 0 saturated heterocycles. The van der Waals surface area contributed by atoms with Gasteiger partial charge in [-0.3, -0.25) is 0 Å². The van der Waals surface area contributed by atoms with Crippen molar-refractivity contribution < 1.29 is 70.6 Å². The van der Waals surface area contributed by atoms with E-state index >= 15 is 0 Å². The van der Waals surface area contributed by atoms with Gasteiger partial charge in [0.25, 0.3) is 0 Å². The van der Waals surface area contributed by atoms with Crippen LogP contribution in [-0.2, 0) is 4.74 Å². The highest BCUT2D eigenvalue weighted by Crippen LogP contribution is 2.74. The zero-order chi connectivity index (χ0) is 20.7. The smallest absolute Gasteiger partial charge is 0.321 e. The van der Waals surface area contributed by atoms with Crippen molar-refractivity contribution in [1.29, 1.82) is 0 Å². The summed E-state index contributed by atoms with van der Waals surface area (Å²) in [5.41, 5.74) is -15.9. The summed E-state index contributed by atoms with van der Waals surface area (Å²) < 4.78 is 199. The number of alkyl halides is 15. The highest BCUT2D eigenvalue weighted by Gasteiger charge is 3.08. The molecule has 0 heterocycles.